The molecule has 0 rings (SSSR count). The van der Waals surface area contributed by atoms with Crippen molar-refractivity contribution in [2.45, 2.75) is 206 Å². The Bertz CT molecular complexity index is 726. The normalized spacial score (nSPS) is 12.6. The highest BCUT2D eigenvalue weighted by atomic mass is 16.5. The van der Waals surface area contributed by atoms with E-state index in [2.05, 4.69) is 59.3 Å². The van der Waals surface area contributed by atoms with Gasteiger partial charge in [0, 0.05) is 12.8 Å². The maximum atomic E-state index is 13.4. The van der Waals surface area contributed by atoms with Gasteiger partial charge in [0.15, 0.2) is 17.2 Å². The van der Waals surface area contributed by atoms with E-state index in [1.807, 2.05) is 0 Å². The molecule has 0 heterocycles. The van der Waals surface area contributed by atoms with Crippen LogP contribution in [-0.4, -0.2) is 55.9 Å². The average molecular weight is 661 g/mol. The zero-order valence-electron chi connectivity index (χ0n) is 32.7. The highest BCUT2D eigenvalue weighted by molar-refractivity contribution is 6.09. The highest BCUT2D eigenvalue weighted by Gasteiger charge is 2.40. The van der Waals surface area contributed by atoms with Crippen molar-refractivity contribution in [2.75, 3.05) is 34.3 Å². The molecule has 0 aliphatic rings. The van der Waals surface area contributed by atoms with Crippen molar-refractivity contribution in [2.24, 2.45) is 0 Å². The lowest BCUT2D eigenvalue weighted by atomic mass is 9.88. The molecule has 4 nitrogen and oxygen atoms in total. The van der Waals surface area contributed by atoms with Crippen LogP contribution in [0.15, 0.2) is 24.3 Å². The number of quaternary nitrogens is 1. The van der Waals surface area contributed by atoms with Gasteiger partial charge in [0.25, 0.3) is 0 Å². The summed E-state index contributed by atoms with van der Waals surface area (Å²) in [5.74, 6) is -0.0384. The number of nitrogens with zero attached hydrogens (tertiary/aromatic N) is 1. The van der Waals surface area contributed by atoms with Gasteiger partial charge in [0.2, 0.25) is 0 Å². The van der Waals surface area contributed by atoms with E-state index in [1.165, 1.54) is 116 Å². The Kier molecular flexibility index (Phi) is 31.1. The first-order valence-electron chi connectivity index (χ1n) is 20.5. The monoisotopic (exact) mass is 661 g/mol. The van der Waals surface area contributed by atoms with Crippen LogP contribution in [-0.2, 0) is 14.3 Å². The predicted octanol–water partition coefficient (Wildman–Crippen LogP) is 12.7. The summed E-state index contributed by atoms with van der Waals surface area (Å²) in [6.07, 6.45) is 42.4. The minimum Gasteiger partial charge on any atom is -0.354 e. The summed E-state index contributed by atoms with van der Waals surface area (Å²) in [6, 6.07) is 0. The van der Waals surface area contributed by atoms with Gasteiger partial charge in [-0.25, -0.2) is 0 Å². The number of likely N-dealkylation sites (N-methyl/N-ethyl adjacent to an activating group) is 1. The SMILES string of the molecule is CCCCCCCC/C=C\CCCCCCCC(=O)C(C)(OCC[N+](C)(C)C)C(=O)CCCCCCC/C=C\CCCCCCCC. The molecule has 0 aliphatic heterocycles. The first-order valence-corrected chi connectivity index (χ1v) is 20.5. The number of ether oxygens (including phenoxy) is 1. The molecular weight excluding hydrogens is 578 g/mol. The van der Waals surface area contributed by atoms with E-state index in [-0.39, 0.29) is 11.6 Å². The zero-order chi connectivity index (χ0) is 34.9. The number of allylic oxidation sites excluding steroid dienone is 4. The van der Waals surface area contributed by atoms with Gasteiger partial charge in [-0.05, 0) is 71.1 Å². The molecule has 0 radical (unpaired) electrons. The number of Topliss-reactive ketones (excluding diaryl/α,β-unsaturated/α-hetero) is 2. The first-order chi connectivity index (χ1) is 22.7. The fourth-order valence-corrected chi connectivity index (χ4v) is 6.03. The number of hydrogen-bond acceptors (Lipinski definition) is 3. The molecule has 276 valence electrons. The van der Waals surface area contributed by atoms with Crippen LogP contribution in [0.4, 0.5) is 0 Å². The zero-order valence-corrected chi connectivity index (χ0v) is 32.7. The Hall–Kier alpha value is -1.26. The van der Waals surface area contributed by atoms with Crippen molar-refractivity contribution in [3.05, 3.63) is 24.3 Å². The lowest BCUT2D eigenvalue weighted by Gasteiger charge is -2.30. The van der Waals surface area contributed by atoms with Gasteiger partial charge in [-0.15, -0.1) is 0 Å². The van der Waals surface area contributed by atoms with Crippen LogP contribution in [0.25, 0.3) is 0 Å². The molecule has 0 bridgehead atoms. The molecule has 0 aliphatic carbocycles. The molecule has 0 fully saturated rings. The number of unbranched alkanes of at least 4 members (excludes halogenated alkanes) is 22. The second kappa shape index (κ2) is 32.0. The largest absolute Gasteiger partial charge is 0.354 e. The van der Waals surface area contributed by atoms with Crippen LogP contribution in [0.1, 0.15) is 201 Å². The molecule has 0 unspecified atom stereocenters. The summed E-state index contributed by atoms with van der Waals surface area (Å²) >= 11 is 0. The molecule has 4 heteroatoms. The van der Waals surface area contributed by atoms with E-state index in [4.69, 9.17) is 4.74 Å². The van der Waals surface area contributed by atoms with Crippen molar-refractivity contribution in [3.63, 3.8) is 0 Å². The smallest absolute Gasteiger partial charge is 0.181 e. The third-order valence-electron chi connectivity index (χ3n) is 9.55. The second-order valence-electron chi connectivity index (χ2n) is 15.4. The van der Waals surface area contributed by atoms with E-state index in [1.54, 1.807) is 6.92 Å². The van der Waals surface area contributed by atoms with Crippen molar-refractivity contribution in [1.29, 1.82) is 0 Å². The van der Waals surface area contributed by atoms with Crippen molar-refractivity contribution in [1.82, 2.24) is 0 Å². The number of hydrogen-bond donors (Lipinski definition) is 0. The summed E-state index contributed by atoms with van der Waals surface area (Å²) in [4.78, 5) is 26.8. The molecule has 0 aromatic carbocycles. The standard InChI is InChI=1S/C43H82NO3/c1-7-9-11-13-15-17-19-21-23-25-27-29-31-33-35-37-41(45)43(3,47-40-39-44(4,5)6)42(46)38-36-34-32-30-28-26-24-22-20-18-16-14-12-10-8-2/h21-24H,7-20,25-40H2,1-6H3/q+1/b23-21-,24-22-. The number of rotatable bonds is 36. The van der Waals surface area contributed by atoms with E-state index in [0.717, 1.165) is 62.4 Å². The lowest BCUT2D eigenvalue weighted by Crippen LogP contribution is -2.48. The summed E-state index contributed by atoms with van der Waals surface area (Å²) in [6.45, 7) is 7.49. The Morgan fingerprint density at radius 1 is 0.489 bits per heavy atom. The van der Waals surface area contributed by atoms with Crippen molar-refractivity contribution >= 4 is 11.6 Å². The van der Waals surface area contributed by atoms with E-state index in [9.17, 15) is 9.59 Å². The average Bonchev–Trinajstić information content (AvgIpc) is 3.03. The van der Waals surface area contributed by atoms with Gasteiger partial charge in [-0.2, -0.15) is 0 Å². The Morgan fingerprint density at radius 2 is 0.787 bits per heavy atom. The quantitative estimate of drug-likeness (QED) is 0.0291. The minimum absolute atomic E-state index is 0.0192. The van der Waals surface area contributed by atoms with E-state index in [0.29, 0.717) is 19.4 Å². The van der Waals surface area contributed by atoms with Gasteiger partial charge in [-0.1, -0.05) is 141 Å². The Morgan fingerprint density at radius 3 is 1.11 bits per heavy atom. The molecule has 0 atom stereocenters. The maximum absolute atomic E-state index is 13.4. The lowest BCUT2D eigenvalue weighted by molar-refractivity contribution is -0.870. The number of ketones is 2. The predicted molar refractivity (Wildman–Crippen MR) is 206 cm³/mol. The first kappa shape index (κ1) is 45.7. The number of carbonyl (C=O) groups excluding carboxylic acids is 2. The van der Waals surface area contributed by atoms with Gasteiger partial charge in [0.05, 0.1) is 27.7 Å². The van der Waals surface area contributed by atoms with Crippen LogP contribution in [0, 0.1) is 0 Å². The summed E-state index contributed by atoms with van der Waals surface area (Å²) in [5.41, 5.74) is -1.29. The molecule has 0 saturated heterocycles. The second-order valence-corrected chi connectivity index (χ2v) is 15.4. The Balaban J connectivity index is 4.25. The summed E-state index contributed by atoms with van der Waals surface area (Å²) in [5, 5.41) is 0. The van der Waals surface area contributed by atoms with Gasteiger partial charge in [-0.3, -0.25) is 9.59 Å². The van der Waals surface area contributed by atoms with Crippen molar-refractivity contribution < 1.29 is 18.8 Å². The Labute approximate surface area is 294 Å². The molecule has 0 N–H and O–H groups in total. The number of carbonyl (C=O) groups is 2. The molecule has 0 aromatic rings. The van der Waals surface area contributed by atoms with Crippen LogP contribution < -0.4 is 0 Å². The maximum Gasteiger partial charge on any atom is 0.181 e. The van der Waals surface area contributed by atoms with Crippen LogP contribution in [0.5, 0.6) is 0 Å². The summed E-state index contributed by atoms with van der Waals surface area (Å²) < 4.78 is 6.90. The molecule has 0 saturated carbocycles. The minimum atomic E-state index is -1.29. The molecule has 0 amide bonds. The molecular formula is C43H82NO3+. The highest BCUT2D eigenvalue weighted by Crippen LogP contribution is 2.22. The fraction of sp³-hybridized carbons (Fsp3) is 0.860. The van der Waals surface area contributed by atoms with Crippen LogP contribution in [0.3, 0.4) is 0 Å². The van der Waals surface area contributed by atoms with Crippen LogP contribution in [0.2, 0.25) is 0 Å². The fourth-order valence-electron chi connectivity index (χ4n) is 6.03. The van der Waals surface area contributed by atoms with Gasteiger partial charge >= 0.3 is 0 Å². The van der Waals surface area contributed by atoms with Crippen LogP contribution >= 0.6 is 0 Å². The topological polar surface area (TPSA) is 43.4 Å². The van der Waals surface area contributed by atoms with Gasteiger partial charge < -0.3 is 9.22 Å². The molecule has 0 aromatic heterocycles. The van der Waals surface area contributed by atoms with E-state index >= 15 is 0 Å². The van der Waals surface area contributed by atoms with E-state index < -0.39 is 5.60 Å². The molecule has 0 spiro atoms. The third kappa shape index (κ3) is 29.4. The summed E-state index contributed by atoms with van der Waals surface area (Å²) in [7, 11) is 6.34. The molecule has 47 heavy (non-hydrogen) atoms. The van der Waals surface area contributed by atoms with Gasteiger partial charge in [0.1, 0.15) is 6.54 Å². The third-order valence-corrected chi connectivity index (χ3v) is 9.55. The van der Waals surface area contributed by atoms with Crippen molar-refractivity contribution in [3.8, 4) is 0 Å².